The van der Waals surface area contributed by atoms with Gasteiger partial charge in [-0.1, -0.05) is 0 Å². The first-order valence-electron chi connectivity index (χ1n) is 9.49. The number of anilines is 2. The number of halogens is 13. The Morgan fingerprint density at radius 3 is 1.24 bits per heavy atom. The molecule has 0 bridgehead atoms. The normalized spacial score (nSPS) is 12.6. The lowest BCUT2D eigenvalue weighted by Crippen LogP contribution is -2.13. The Labute approximate surface area is 202 Å². The summed E-state index contributed by atoms with van der Waals surface area (Å²) < 4.78 is 184. The minimum Gasteiger partial charge on any atom is -0.453 e. The molecule has 0 fully saturated rings. The Balaban J connectivity index is 2.15. The first-order chi connectivity index (χ1) is 17.2. The van der Waals surface area contributed by atoms with E-state index in [-0.39, 0.29) is 24.3 Å². The fourth-order valence-corrected chi connectivity index (χ4v) is 3.14. The maximum atomic E-state index is 15.0. The van der Waals surface area contributed by atoms with Crippen LogP contribution in [0.15, 0.2) is 30.3 Å². The second-order valence-electron chi connectivity index (χ2n) is 7.31. The van der Waals surface area contributed by atoms with Gasteiger partial charge in [-0.05, 0) is 6.07 Å². The average molecular weight is 568 g/mol. The van der Waals surface area contributed by atoms with E-state index in [9.17, 15) is 52.7 Å². The SMILES string of the molecule is Nc1cc(Oc2c(F)cc(C(F)(F)F)c(Oc3cc(N)c(C(F)(F)F)c(F)c3)c2F)cc(F)c1C(F)(F)F. The monoisotopic (exact) mass is 568 g/mol. The lowest BCUT2D eigenvalue weighted by atomic mass is 10.1. The number of nitrogen functional groups attached to an aromatic ring is 2. The summed E-state index contributed by atoms with van der Waals surface area (Å²) >= 11 is 0. The molecule has 0 radical (unpaired) electrons. The van der Waals surface area contributed by atoms with Crippen molar-refractivity contribution in [3.63, 3.8) is 0 Å². The van der Waals surface area contributed by atoms with Gasteiger partial charge in [0, 0.05) is 24.3 Å². The molecule has 4 nitrogen and oxygen atoms in total. The van der Waals surface area contributed by atoms with E-state index in [4.69, 9.17) is 11.5 Å². The van der Waals surface area contributed by atoms with E-state index in [0.717, 1.165) is 0 Å². The van der Waals surface area contributed by atoms with Gasteiger partial charge in [0.15, 0.2) is 11.6 Å². The van der Waals surface area contributed by atoms with Crippen LogP contribution in [-0.4, -0.2) is 0 Å². The maximum Gasteiger partial charge on any atom is 0.421 e. The smallest absolute Gasteiger partial charge is 0.421 e. The van der Waals surface area contributed by atoms with E-state index in [1.54, 1.807) is 0 Å². The van der Waals surface area contributed by atoms with Gasteiger partial charge in [-0.15, -0.1) is 0 Å². The summed E-state index contributed by atoms with van der Waals surface area (Å²) in [5, 5.41) is 0. The van der Waals surface area contributed by atoms with Gasteiger partial charge in [-0.3, -0.25) is 0 Å². The number of ether oxygens (including phenoxy) is 2. The zero-order chi connectivity index (χ0) is 29.0. The summed E-state index contributed by atoms with van der Waals surface area (Å²) in [6.07, 6.45) is -16.2. The fraction of sp³-hybridized carbons (Fsp3) is 0.143. The molecule has 0 spiro atoms. The molecular formula is C21H9F13N2O2. The summed E-state index contributed by atoms with van der Waals surface area (Å²) in [4.78, 5) is 0. The summed E-state index contributed by atoms with van der Waals surface area (Å²) in [6.45, 7) is 0. The van der Waals surface area contributed by atoms with Crippen LogP contribution in [0.2, 0.25) is 0 Å². The fourth-order valence-electron chi connectivity index (χ4n) is 3.14. The van der Waals surface area contributed by atoms with Gasteiger partial charge < -0.3 is 20.9 Å². The predicted molar refractivity (Wildman–Crippen MR) is 103 cm³/mol. The number of benzene rings is 3. The van der Waals surface area contributed by atoms with Crippen LogP contribution in [0.1, 0.15) is 16.7 Å². The summed E-state index contributed by atoms with van der Waals surface area (Å²) in [5.41, 5.74) is 1.33. The van der Waals surface area contributed by atoms with E-state index < -0.39 is 98.9 Å². The molecule has 3 rings (SSSR count). The van der Waals surface area contributed by atoms with Crippen molar-refractivity contribution in [2.24, 2.45) is 0 Å². The van der Waals surface area contributed by atoms with Gasteiger partial charge in [-0.25, -0.2) is 13.2 Å². The number of hydrogen-bond acceptors (Lipinski definition) is 4. The highest BCUT2D eigenvalue weighted by Crippen LogP contribution is 2.47. The van der Waals surface area contributed by atoms with Gasteiger partial charge in [0.1, 0.15) is 39.8 Å². The highest BCUT2D eigenvalue weighted by molar-refractivity contribution is 5.57. The number of nitrogens with two attached hydrogens (primary N) is 2. The summed E-state index contributed by atoms with van der Waals surface area (Å²) in [5.74, 6) is -14.6. The largest absolute Gasteiger partial charge is 0.453 e. The highest BCUT2D eigenvalue weighted by atomic mass is 19.4. The molecule has 0 atom stereocenters. The Hall–Kier alpha value is -4.05. The van der Waals surface area contributed by atoms with Crippen molar-refractivity contribution < 1.29 is 66.5 Å². The van der Waals surface area contributed by atoms with Gasteiger partial charge >= 0.3 is 18.5 Å². The first kappa shape index (κ1) is 28.5. The van der Waals surface area contributed by atoms with Crippen LogP contribution < -0.4 is 20.9 Å². The van der Waals surface area contributed by atoms with Crippen molar-refractivity contribution in [2.45, 2.75) is 18.5 Å². The van der Waals surface area contributed by atoms with E-state index in [1.807, 2.05) is 0 Å². The molecule has 4 N–H and O–H groups in total. The molecule has 0 aliphatic heterocycles. The molecule has 0 heterocycles. The Kier molecular flexibility index (Phi) is 7.02. The quantitative estimate of drug-likeness (QED) is 0.247. The second kappa shape index (κ2) is 9.36. The lowest BCUT2D eigenvalue weighted by molar-refractivity contribution is -0.140. The molecule has 0 aliphatic carbocycles. The molecule has 0 amide bonds. The summed E-state index contributed by atoms with van der Waals surface area (Å²) in [6, 6.07) is -0.0611. The maximum absolute atomic E-state index is 15.0. The minimum absolute atomic E-state index is 0.0256. The molecular weight excluding hydrogens is 559 g/mol. The molecule has 17 heteroatoms. The molecule has 0 aliphatic rings. The molecule has 0 saturated carbocycles. The third-order valence-corrected chi connectivity index (χ3v) is 4.63. The van der Waals surface area contributed by atoms with Crippen molar-refractivity contribution >= 4 is 11.4 Å². The number of alkyl halides is 9. The predicted octanol–water partition coefficient (Wildman–Crippen LogP) is 8.05. The Morgan fingerprint density at radius 2 is 0.895 bits per heavy atom. The molecule has 0 saturated heterocycles. The zero-order valence-corrected chi connectivity index (χ0v) is 17.8. The van der Waals surface area contributed by atoms with Crippen molar-refractivity contribution in [2.75, 3.05) is 11.5 Å². The van der Waals surface area contributed by atoms with Crippen LogP contribution in [-0.2, 0) is 18.5 Å². The van der Waals surface area contributed by atoms with E-state index in [2.05, 4.69) is 9.47 Å². The van der Waals surface area contributed by atoms with Crippen LogP contribution in [0.25, 0.3) is 0 Å². The van der Waals surface area contributed by atoms with Crippen LogP contribution in [0.3, 0.4) is 0 Å². The van der Waals surface area contributed by atoms with Crippen LogP contribution in [0.5, 0.6) is 23.0 Å². The molecule has 206 valence electrons. The average Bonchev–Trinajstić information content (AvgIpc) is 2.69. The Bertz CT molecular complexity index is 1350. The van der Waals surface area contributed by atoms with Gasteiger partial charge in [0.25, 0.3) is 0 Å². The van der Waals surface area contributed by atoms with E-state index in [0.29, 0.717) is 0 Å². The molecule has 3 aromatic rings. The van der Waals surface area contributed by atoms with Crippen molar-refractivity contribution in [3.05, 3.63) is 70.3 Å². The van der Waals surface area contributed by atoms with Crippen molar-refractivity contribution in [3.8, 4) is 23.0 Å². The van der Waals surface area contributed by atoms with E-state index >= 15 is 4.39 Å². The molecule has 0 unspecified atom stereocenters. The standard InChI is InChI=1S/C21H9F13N2O2/c22-9-1-6(3-12(35)14(9)20(29,30)31)37-17-8(19(26,27)28)5-11(24)18(16(17)25)38-7-2-10(23)15(13(36)4-7)21(32,33)34/h1-5H,35-36H2. The first-order valence-corrected chi connectivity index (χ1v) is 9.49. The van der Waals surface area contributed by atoms with Gasteiger partial charge in [0.2, 0.25) is 11.6 Å². The minimum atomic E-state index is -5.57. The van der Waals surface area contributed by atoms with E-state index in [1.165, 1.54) is 0 Å². The lowest BCUT2D eigenvalue weighted by Gasteiger charge is -2.19. The second-order valence-corrected chi connectivity index (χ2v) is 7.31. The highest BCUT2D eigenvalue weighted by Gasteiger charge is 2.41. The molecule has 3 aromatic carbocycles. The third kappa shape index (κ3) is 5.60. The molecule has 38 heavy (non-hydrogen) atoms. The molecule has 0 aromatic heterocycles. The van der Waals surface area contributed by atoms with Crippen LogP contribution >= 0.6 is 0 Å². The third-order valence-electron chi connectivity index (χ3n) is 4.63. The zero-order valence-electron chi connectivity index (χ0n) is 17.8. The van der Waals surface area contributed by atoms with Gasteiger partial charge in [0.05, 0.1) is 11.4 Å². The van der Waals surface area contributed by atoms with Gasteiger partial charge in [-0.2, -0.15) is 43.9 Å². The van der Waals surface area contributed by atoms with Crippen molar-refractivity contribution in [1.82, 2.24) is 0 Å². The topological polar surface area (TPSA) is 70.5 Å². The van der Waals surface area contributed by atoms with Crippen LogP contribution in [0, 0.1) is 23.3 Å². The van der Waals surface area contributed by atoms with Crippen LogP contribution in [0.4, 0.5) is 68.5 Å². The summed E-state index contributed by atoms with van der Waals surface area (Å²) in [7, 11) is 0. The Morgan fingerprint density at radius 1 is 0.500 bits per heavy atom. The van der Waals surface area contributed by atoms with Crippen molar-refractivity contribution in [1.29, 1.82) is 0 Å². The number of hydrogen-bond donors (Lipinski definition) is 2. The number of rotatable bonds is 4.